The molecule has 0 unspecified atom stereocenters. The fraction of sp³-hybridized carbons (Fsp3) is 0.174. The van der Waals surface area contributed by atoms with Crippen molar-refractivity contribution >= 4 is 28.9 Å². The van der Waals surface area contributed by atoms with Crippen LogP contribution in [0.2, 0.25) is 10.0 Å². The van der Waals surface area contributed by atoms with Gasteiger partial charge < -0.3 is 9.47 Å². The van der Waals surface area contributed by atoms with Gasteiger partial charge in [0.2, 0.25) is 6.23 Å². The molecule has 0 saturated carbocycles. The summed E-state index contributed by atoms with van der Waals surface area (Å²) < 4.78 is 11.7. The summed E-state index contributed by atoms with van der Waals surface area (Å²) in [4.78, 5) is 0. The highest BCUT2D eigenvalue weighted by Gasteiger charge is 2.41. The zero-order chi connectivity index (χ0) is 20.0. The van der Waals surface area contributed by atoms with Crippen molar-refractivity contribution in [1.82, 2.24) is 5.01 Å². The molecule has 146 valence electrons. The van der Waals surface area contributed by atoms with Crippen molar-refractivity contribution in [3.8, 4) is 11.5 Å². The Morgan fingerprint density at radius 2 is 1.86 bits per heavy atom. The molecule has 5 rings (SSSR count). The Bertz CT molecular complexity index is 1120. The second-order valence-electron chi connectivity index (χ2n) is 7.05. The van der Waals surface area contributed by atoms with Crippen LogP contribution in [-0.4, -0.2) is 17.8 Å². The number of hydrazone groups is 1. The molecule has 0 spiro atoms. The van der Waals surface area contributed by atoms with E-state index in [2.05, 4.69) is 0 Å². The van der Waals surface area contributed by atoms with Gasteiger partial charge in [-0.15, -0.1) is 0 Å². The molecule has 0 fully saturated rings. The lowest BCUT2D eigenvalue weighted by molar-refractivity contribution is -0.0189. The third kappa shape index (κ3) is 3.22. The van der Waals surface area contributed by atoms with E-state index < -0.39 is 6.23 Å². The van der Waals surface area contributed by atoms with Crippen molar-refractivity contribution < 1.29 is 9.47 Å². The second-order valence-corrected chi connectivity index (χ2v) is 7.90. The van der Waals surface area contributed by atoms with E-state index in [0.717, 1.165) is 40.3 Å². The van der Waals surface area contributed by atoms with E-state index in [1.165, 1.54) is 0 Å². The van der Waals surface area contributed by atoms with Gasteiger partial charge in [-0.05, 0) is 36.4 Å². The minimum absolute atomic E-state index is 0.0138. The molecule has 3 aromatic rings. The molecule has 0 saturated heterocycles. The summed E-state index contributed by atoms with van der Waals surface area (Å²) in [6, 6.07) is 21.4. The topological polar surface area (TPSA) is 34.1 Å². The van der Waals surface area contributed by atoms with Crippen molar-refractivity contribution in [2.75, 3.05) is 7.11 Å². The molecule has 0 N–H and O–H groups in total. The van der Waals surface area contributed by atoms with Crippen LogP contribution in [0.25, 0.3) is 0 Å². The first kappa shape index (κ1) is 18.3. The molecule has 3 aromatic carbocycles. The molecule has 29 heavy (non-hydrogen) atoms. The van der Waals surface area contributed by atoms with E-state index >= 15 is 0 Å². The number of fused-ring (bicyclic) bond motifs is 3. The largest absolute Gasteiger partial charge is 0.497 e. The van der Waals surface area contributed by atoms with Crippen LogP contribution < -0.4 is 9.47 Å². The third-order valence-corrected chi connectivity index (χ3v) is 5.91. The number of nitrogens with zero attached hydrogens (tertiary/aromatic N) is 2. The molecular weight excluding hydrogens is 407 g/mol. The Morgan fingerprint density at radius 1 is 1.00 bits per heavy atom. The lowest BCUT2D eigenvalue weighted by Gasteiger charge is -2.38. The number of benzene rings is 3. The normalized spacial score (nSPS) is 19.8. The molecule has 0 bridgehead atoms. The molecule has 0 aliphatic carbocycles. The Kier molecular flexibility index (Phi) is 4.61. The van der Waals surface area contributed by atoms with Crippen molar-refractivity contribution in [1.29, 1.82) is 0 Å². The number of ether oxygens (including phenoxy) is 2. The minimum atomic E-state index is -0.412. The quantitative estimate of drug-likeness (QED) is 0.498. The fourth-order valence-corrected chi connectivity index (χ4v) is 4.33. The highest BCUT2D eigenvalue weighted by molar-refractivity contribution is 6.31. The van der Waals surface area contributed by atoms with Gasteiger partial charge in [0.25, 0.3) is 0 Å². The highest BCUT2D eigenvalue weighted by atomic mass is 35.5. The molecule has 0 amide bonds. The van der Waals surface area contributed by atoms with E-state index in [-0.39, 0.29) is 6.04 Å². The van der Waals surface area contributed by atoms with Crippen LogP contribution >= 0.6 is 23.2 Å². The summed E-state index contributed by atoms with van der Waals surface area (Å²) in [7, 11) is 1.67. The molecule has 0 radical (unpaired) electrons. The highest BCUT2D eigenvalue weighted by Crippen LogP contribution is 2.49. The first-order valence-corrected chi connectivity index (χ1v) is 10.1. The summed E-state index contributed by atoms with van der Waals surface area (Å²) in [5.74, 6) is 1.61. The van der Waals surface area contributed by atoms with Gasteiger partial charge >= 0.3 is 0 Å². The maximum atomic E-state index is 6.50. The number of hydrogen-bond donors (Lipinski definition) is 0. The summed E-state index contributed by atoms with van der Waals surface area (Å²) in [5.41, 5.74) is 3.92. The van der Waals surface area contributed by atoms with Gasteiger partial charge in [0.05, 0.1) is 18.9 Å². The lowest BCUT2D eigenvalue weighted by atomic mass is 9.96. The number of rotatable bonds is 3. The SMILES string of the molecule is COc1cccc(C2=NN3[C@H](C2)c2cc(Cl)ccc2O[C@@H]3c2ccccc2Cl)c1. The van der Waals surface area contributed by atoms with E-state index in [0.29, 0.717) is 10.0 Å². The number of methoxy groups -OCH3 is 1. The fourth-order valence-electron chi connectivity index (χ4n) is 3.92. The molecule has 2 atom stereocenters. The molecule has 2 aliphatic rings. The molecule has 6 heteroatoms. The monoisotopic (exact) mass is 424 g/mol. The van der Waals surface area contributed by atoms with Gasteiger partial charge in [-0.25, -0.2) is 5.01 Å². The molecule has 4 nitrogen and oxygen atoms in total. The van der Waals surface area contributed by atoms with Gasteiger partial charge in [0.15, 0.2) is 0 Å². The van der Waals surface area contributed by atoms with Crippen molar-refractivity contribution in [3.05, 3.63) is 93.5 Å². The molecular formula is C23H18Cl2N2O2. The zero-order valence-electron chi connectivity index (χ0n) is 15.7. The van der Waals surface area contributed by atoms with Crippen LogP contribution in [0.5, 0.6) is 11.5 Å². The van der Waals surface area contributed by atoms with Crippen LogP contribution in [0.1, 0.15) is 35.4 Å². The van der Waals surface area contributed by atoms with E-state index in [1.54, 1.807) is 7.11 Å². The Balaban J connectivity index is 1.62. The Morgan fingerprint density at radius 3 is 2.69 bits per heavy atom. The summed E-state index contributed by atoms with van der Waals surface area (Å²) in [6.07, 6.45) is 0.329. The maximum Gasteiger partial charge on any atom is 0.215 e. The average molecular weight is 425 g/mol. The van der Waals surface area contributed by atoms with Gasteiger partial charge in [0.1, 0.15) is 11.5 Å². The summed E-state index contributed by atoms with van der Waals surface area (Å²) in [6.45, 7) is 0. The number of hydrogen-bond acceptors (Lipinski definition) is 4. The molecule has 2 heterocycles. The minimum Gasteiger partial charge on any atom is -0.497 e. The van der Waals surface area contributed by atoms with Crippen LogP contribution in [0.4, 0.5) is 0 Å². The van der Waals surface area contributed by atoms with Crippen LogP contribution in [-0.2, 0) is 0 Å². The molecule has 0 aromatic heterocycles. The first-order chi connectivity index (χ1) is 14.1. The predicted octanol–water partition coefficient (Wildman–Crippen LogP) is 6.24. The maximum absolute atomic E-state index is 6.50. The van der Waals surface area contributed by atoms with Crippen LogP contribution in [0.15, 0.2) is 71.8 Å². The molecule has 2 aliphatic heterocycles. The summed E-state index contributed by atoms with van der Waals surface area (Å²) >= 11 is 12.8. The zero-order valence-corrected chi connectivity index (χ0v) is 17.2. The first-order valence-electron chi connectivity index (χ1n) is 9.35. The van der Waals surface area contributed by atoms with Crippen LogP contribution in [0, 0.1) is 0 Å². The smallest absolute Gasteiger partial charge is 0.215 e. The van der Waals surface area contributed by atoms with Gasteiger partial charge in [-0.2, -0.15) is 5.10 Å². The van der Waals surface area contributed by atoms with Crippen molar-refractivity contribution in [2.45, 2.75) is 18.7 Å². The third-order valence-electron chi connectivity index (χ3n) is 5.33. The second kappa shape index (κ2) is 7.29. The Hall–Kier alpha value is -2.69. The average Bonchev–Trinajstić information content (AvgIpc) is 3.20. The summed E-state index contributed by atoms with van der Waals surface area (Å²) in [5, 5.41) is 8.28. The van der Waals surface area contributed by atoms with Crippen LogP contribution in [0.3, 0.4) is 0 Å². The predicted molar refractivity (Wildman–Crippen MR) is 115 cm³/mol. The van der Waals surface area contributed by atoms with Gasteiger partial charge in [-0.1, -0.05) is 53.5 Å². The number of halogens is 2. The van der Waals surface area contributed by atoms with Gasteiger partial charge in [-0.3, -0.25) is 0 Å². The Labute approximate surface area is 179 Å². The van der Waals surface area contributed by atoms with E-state index in [4.69, 9.17) is 37.8 Å². The van der Waals surface area contributed by atoms with Gasteiger partial charge in [0, 0.05) is 33.2 Å². The van der Waals surface area contributed by atoms with Crippen molar-refractivity contribution in [3.63, 3.8) is 0 Å². The van der Waals surface area contributed by atoms with E-state index in [9.17, 15) is 0 Å². The van der Waals surface area contributed by atoms with Crippen molar-refractivity contribution in [2.24, 2.45) is 5.10 Å². The lowest BCUT2D eigenvalue weighted by Crippen LogP contribution is -2.33. The van der Waals surface area contributed by atoms with E-state index in [1.807, 2.05) is 71.7 Å². The standard InChI is InChI=1S/C23H18Cl2N2O2/c1-28-16-6-4-5-14(11-16)20-13-21-18-12-15(24)9-10-22(18)29-23(27(21)26-20)17-7-2-3-8-19(17)25/h2-12,21,23H,13H2,1H3/t21-,23-/m1/s1.